The van der Waals surface area contributed by atoms with Crippen molar-refractivity contribution in [3.05, 3.63) is 83.6 Å². The molecule has 41 heavy (non-hydrogen) atoms. The fourth-order valence-corrected chi connectivity index (χ4v) is 7.31. The summed E-state index contributed by atoms with van der Waals surface area (Å²) in [4.78, 5) is 28.8. The number of unbranched alkanes of at least 4 members (excludes halogenated alkanes) is 1. The number of halogens is 3. The van der Waals surface area contributed by atoms with Gasteiger partial charge in [0.25, 0.3) is 11.6 Å². The number of nitrogens with zero attached hydrogens (tertiary/aromatic N) is 2. The first kappa shape index (κ1) is 29.9. The molecule has 0 bridgehead atoms. The second-order valence-electron chi connectivity index (χ2n) is 10.6. The molecule has 2 amide bonds. The van der Waals surface area contributed by atoms with Crippen LogP contribution in [0.5, 0.6) is 0 Å². The molecule has 1 aliphatic carbocycles. The van der Waals surface area contributed by atoms with E-state index in [1.165, 1.54) is 15.4 Å². The highest BCUT2D eigenvalue weighted by atomic mass is 127. The third kappa shape index (κ3) is 6.77. The second-order valence-corrected chi connectivity index (χ2v) is 13.7. The van der Waals surface area contributed by atoms with Crippen LogP contribution < -0.4 is 10.6 Å². The first-order valence-electron chi connectivity index (χ1n) is 13.7. The van der Waals surface area contributed by atoms with Crippen molar-refractivity contribution in [1.82, 2.24) is 18.8 Å². The quantitative estimate of drug-likeness (QED) is 0.145. The van der Waals surface area contributed by atoms with Crippen molar-refractivity contribution in [2.45, 2.75) is 42.8 Å². The Bertz CT molecular complexity index is 1350. The Hall–Kier alpha value is -2.53. The van der Waals surface area contributed by atoms with E-state index in [4.69, 9.17) is 0 Å². The van der Waals surface area contributed by atoms with Crippen LogP contribution in [-0.4, -0.2) is 67.1 Å². The van der Waals surface area contributed by atoms with Crippen LogP contribution in [0.3, 0.4) is 0 Å². The first-order valence-corrected chi connectivity index (χ1v) is 16.5. The molecule has 2 aromatic carbocycles. The molecule has 3 aliphatic rings. The molecule has 2 unspecified atom stereocenters. The Labute approximate surface area is 251 Å². The second kappa shape index (κ2) is 12.8. The number of rotatable bonds is 10. The van der Waals surface area contributed by atoms with E-state index in [1.807, 2.05) is 52.5 Å². The molecule has 2 aromatic rings. The van der Waals surface area contributed by atoms with Crippen LogP contribution in [0, 0.1) is 0 Å². The lowest BCUT2D eigenvalue weighted by Crippen LogP contribution is -2.47. The summed E-state index contributed by atoms with van der Waals surface area (Å²) >= 11 is -0.657. The molecular formula is C30H34F2IN4O3P. The number of hydrogen-bond donors (Lipinski definition) is 3. The summed E-state index contributed by atoms with van der Waals surface area (Å²) in [6, 6.07) is 15.6. The van der Waals surface area contributed by atoms with Crippen molar-refractivity contribution in [2.75, 3.05) is 26.2 Å². The van der Waals surface area contributed by atoms with Gasteiger partial charge in [0, 0.05) is 51.9 Å². The molecule has 2 heterocycles. The Morgan fingerprint density at radius 3 is 2.46 bits per heavy atom. The summed E-state index contributed by atoms with van der Waals surface area (Å²) in [6.45, 7) is 1.68. The molecule has 2 atom stereocenters. The summed E-state index contributed by atoms with van der Waals surface area (Å²) in [6.07, 6.45) is 7.81. The zero-order chi connectivity index (χ0) is 29.0. The van der Waals surface area contributed by atoms with Crippen LogP contribution in [0.25, 0.3) is 11.1 Å². The summed E-state index contributed by atoms with van der Waals surface area (Å²) in [5, 5.41) is 15.3. The normalized spacial score (nSPS) is 19.6. The number of amides is 2. The molecule has 1 saturated heterocycles. The molecule has 0 aromatic heterocycles. The van der Waals surface area contributed by atoms with Crippen molar-refractivity contribution >= 4 is 46.1 Å². The Morgan fingerprint density at radius 2 is 1.78 bits per heavy atom. The first-order chi connectivity index (χ1) is 19.7. The van der Waals surface area contributed by atoms with Crippen molar-refractivity contribution < 1.29 is 23.6 Å². The highest BCUT2D eigenvalue weighted by Gasteiger charge is 2.48. The number of benzene rings is 2. The van der Waals surface area contributed by atoms with Crippen molar-refractivity contribution in [3.63, 3.8) is 0 Å². The number of carbonyl (C=O) groups is 2. The number of hydrogen-bond acceptors (Lipinski definition) is 5. The van der Waals surface area contributed by atoms with Crippen LogP contribution >= 0.6 is 30.2 Å². The average molecular weight is 695 g/mol. The molecule has 0 spiro atoms. The van der Waals surface area contributed by atoms with Gasteiger partial charge in [-0.05, 0) is 64.2 Å². The van der Waals surface area contributed by atoms with Crippen LogP contribution in [0.4, 0.5) is 8.78 Å². The van der Waals surface area contributed by atoms with Crippen molar-refractivity contribution in [1.29, 1.82) is 0 Å². The lowest BCUT2D eigenvalue weighted by atomic mass is 9.73. The zero-order valence-corrected chi connectivity index (χ0v) is 25.8. The standard InChI is InChI=1S/C30H34F2IN4O3P/c31-30(32,41)20-34-28(39)29(25-9-3-1-7-23(25)24-8-2-4-10-26(24)29)14-5-6-16-36-17-13-22(19-36)35-27(38)21-11-15-33-37(40)18-12-21/h1-4,7-12,15,18,22,40H,5-6,13-14,16-17,19-20,41H2,(H,34,39)(H,35,38). The zero-order valence-electron chi connectivity index (χ0n) is 22.5. The van der Waals surface area contributed by atoms with Crippen molar-refractivity contribution in [2.24, 2.45) is 0 Å². The molecule has 11 heteroatoms. The van der Waals surface area contributed by atoms with Gasteiger partial charge in [-0.25, -0.2) is 12.1 Å². The van der Waals surface area contributed by atoms with E-state index in [0.29, 0.717) is 12.0 Å². The number of hydroxylamine groups is 1. The van der Waals surface area contributed by atoms with Gasteiger partial charge in [0.15, 0.2) is 0 Å². The van der Waals surface area contributed by atoms with Crippen molar-refractivity contribution in [3.8, 4) is 11.1 Å². The molecule has 7 nitrogen and oxygen atoms in total. The van der Waals surface area contributed by atoms with Crippen LogP contribution in [0.2, 0.25) is 0 Å². The summed E-state index contributed by atoms with van der Waals surface area (Å²) < 4.78 is 30.4. The van der Waals surface area contributed by atoms with E-state index in [9.17, 15) is 23.6 Å². The van der Waals surface area contributed by atoms with E-state index in [2.05, 4.69) is 15.5 Å². The van der Waals surface area contributed by atoms with Gasteiger partial charge in [-0.1, -0.05) is 64.2 Å². The van der Waals surface area contributed by atoms with Gasteiger partial charge in [-0.2, -0.15) is 0 Å². The smallest absolute Gasteiger partial charge is 0.275 e. The van der Waals surface area contributed by atoms with E-state index >= 15 is 0 Å². The highest BCUT2D eigenvalue weighted by molar-refractivity contribution is 14.2. The Kier molecular flexibility index (Phi) is 9.33. The molecule has 218 valence electrons. The number of likely N-dealkylation sites (tertiary alicyclic amines) is 1. The number of alkyl halides is 2. The minimum atomic E-state index is -3.09. The molecular weight excluding hydrogens is 660 g/mol. The molecule has 0 radical (unpaired) electrons. The molecule has 2 aliphatic heterocycles. The predicted octanol–water partition coefficient (Wildman–Crippen LogP) is 4.73. The Morgan fingerprint density at radius 1 is 1.10 bits per heavy atom. The number of allylic oxidation sites excluding steroid dienone is 1. The summed E-state index contributed by atoms with van der Waals surface area (Å²) in [5.74, 6) is -0.544. The maximum absolute atomic E-state index is 13.8. The van der Waals surface area contributed by atoms with E-state index in [0.717, 1.165) is 64.4 Å². The number of carbonyl (C=O) groups excluding carboxylic acids is 2. The minimum absolute atomic E-state index is 0.0410. The third-order valence-electron chi connectivity index (χ3n) is 7.86. The monoisotopic (exact) mass is 694 g/mol. The molecule has 5 rings (SSSR count). The highest BCUT2D eigenvalue weighted by Crippen LogP contribution is 2.51. The maximum Gasteiger partial charge on any atom is 0.275 e. The predicted molar refractivity (Wildman–Crippen MR) is 168 cm³/mol. The number of fused-ring (bicyclic) bond motifs is 3. The molecule has 3 N–H and O–H groups in total. The average Bonchev–Trinajstić information content (AvgIpc) is 3.43. The van der Waals surface area contributed by atoms with E-state index in [1.54, 1.807) is 12.2 Å². The lowest BCUT2D eigenvalue weighted by molar-refractivity contribution is -0.126. The van der Waals surface area contributed by atoms with Gasteiger partial charge in [-0.15, -0.1) is 0 Å². The summed E-state index contributed by atoms with van der Waals surface area (Å²) in [5.41, 5.74) is 0.0735. The van der Waals surface area contributed by atoms with E-state index in [-0.39, 0.29) is 11.9 Å². The van der Waals surface area contributed by atoms with Gasteiger partial charge < -0.3 is 15.5 Å². The molecule has 1 fully saturated rings. The maximum atomic E-state index is 13.8. The Balaban J connectivity index is 1.22. The number of nitrogens with one attached hydrogen (secondary N) is 2. The van der Waals surface area contributed by atoms with Crippen LogP contribution in [-0.2, 0) is 15.0 Å². The van der Waals surface area contributed by atoms with Crippen LogP contribution in [0.15, 0.2) is 72.5 Å². The summed E-state index contributed by atoms with van der Waals surface area (Å²) in [7, 11) is 1.50. The van der Waals surface area contributed by atoms with Gasteiger partial charge in [0.05, 0.1) is 6.54 Å². The fourth-order valence-electron chi connectivity index (χ4n) is 5.98. The molecule has 0 saturated carbocycles. The SMILES string of the molecule is O=C(NC1CCN(CCCCC2(C(=O)NCC(F)(F)P)c3ccccc3-c3ccccc32)C1)C1=CC=IN(O)C=C1. The van der Waals surface area contributed by atoms with Gasteiger partial charge >= 0.3 is 0 Å². The van der Waals surface area contributed by atoms with Gasteiger partial charge in [0.1, 0.15) is 5.41 Å². The van der Waals surface area contributed by atoms with Gasteiger partial charge in [-0.3, -0.25) is 14.8 Å². The minimum Gasteiger partial charge on any atom is -0.349 e. The fraction of sp³-hybridized carbons (Fsp3) is 0.367. The van der Waals surface area contributed by atoms with Crippen LogP contribution in [0.1, 0.15) is 36.8 Å². The van der Waals surface area contributed by atoms with E-state index < -0.39 is 44.5 Å². The van der Waals surface area contributed by atoms with Gasteiger partial charge in [0.2, 0.25) is 5.91 Å². The lowest BCUT2D eigenvalue weighted by Gasteiger charge is -2.31. The topological polar surface area (TPSA) is 84.9 Å². The third-order valence-corrected chi connectivity index (χ3v) is 9.64. The largest absolute Gasteiger partial charge is 0.349 e.